The number of carbonyl (C=O) groups is 1. The molecule has 1 aromatic heterocycles. The number of anilines is 1. The molecule has 1 rings (SSSR count). The molecule has 0 amide bonds. The molecule has 16 heavy (non-hydrogen) atoms. The second-order valence-corrected chi connectivity index (χ2v) is 2.94. The number of halogens is 3. The van der Waals surface area contributed by atoms with Gasteiger partial charge in [0.2, 0.25) is 0 Å². The van der Waals surface area contributed by atoms with Gasteiger partial charge in [-0.1, -0.05) is 0 Å². The Hall–Kier alpha value is -1.79. The number of nitrogens with two attached hydrogens (primary N) is 1. The van der Waals surface area contributed by atoms with E-state index >= 15 is 0 Å². The molecule has 0 atom stereocenters. The highest BCUT2D eigenvalue weighted by Gasteiger charge is 2.23. The van der Waals surface area contributed by atoms with E-state index in [-0.39, 0.29) is 11.4 Å². The molecule has 1 heterocycles. The second kappa shape index (κ2) is 4.82. The number of hydrogen-bond donors (Lipinski definition) is 1. The van der Waals surface area contributed by atoms with Crippen LogP contribution in [0.15, 0.2) is 6.20 Å². The lowest BCUT2D eigenvalue weighted by Crippen LogP contribution is -2.12. The highest BCUT2D eigenvalue weighted by molar-refractivity contribution is 5.75. The number of alkyl halides is 2. The molecule has 0 saturated heterocycles. The van der Waals surface area contributed by atoms with Gasteiger partial charge in [0.1, 0.15) is 5.82 Å². The van der Waals surface area contributed by atoms with Crippen LogP contribution in [0.4, 0.5) is 19.0 Å². The number of nitrogen functional groups attached to an aromatic ring is 1. The monoisotopic (exact) mass is 234 g/mol. The van der Waals surface area contributed by atoms with E-state index in [9.17, 15) is 18.0 Å². The molecule has 7 heteroatoms. The van der Waals surface area contributed by atoms with Crippen molar-refractivity contribution in [2.75, 3.05) is 12.8 Å². The van der Waals surface area contributed by atoms with Gasteiger partial charge in [-0.15, -0.1) is 0 Å². The molecular weight excluding hydrogens is 225 g/mol. The highest BCUT2D eigenvalue weighted by atomic mass is 19.3. The molecule has 0 bridgehead atoms. The van der Waals surface area contributed by atoms with Crippen molar-refractivity contribution in [3.8, 4) is 0 Å². The van der Waals surface area contributed by atoms with Crippen molar-refractivity contribution in [3.63, 3.8) is 0 Å². The van der Waals surface area contributed by atoms with Crippen LogP contribution in [-0.2, 0) is 16.0 Å². The topological polar surface area (TPSA) is 65.2 Å². The number of methoxy groups -OCH3 is 1. The van der Waals surface area contributed by atoms with Gasteiger partial charge >= 0.3 is 5.97 Å². The van der Waals surface area contributed by atoms with E-state index in [1.807, 2.05) is 0 Å². The summed E-state index contributed by atoms with van der Waals surface area (Å²) in [6.07, 6.45) is -3.00. The lowest BCUT2D eigenvalue weighted by Gasteiger charge is -2.10. The molecule has 0 fully saturated rings. The zero-order valence-corrected chi connectivity index (χ0v) is 8.34. The van der Waals surface area contributed by atoms with Crippen LogP contribution < -0.4 is 5.73 Å². The van der Waals surface area contributed by atoms with Gasteiger partial charge in [-0.3, -0.25) is 4.79 Å². The molecule has 0 aliphatic carbocycles. The zero-order chi connectivity index (χ0) is 12.3. The van der Waals surface area contributed by atoms with Crippen LogP contribution >= 0.6 is 0 Å². The van der Waals surface area contributed by atoms with Crippen LogP contribution in [0.25, 0.3) is 0 Å². The maximum atomic E-state index is 13.1. The maximum absolute atomic E-state index is 13.1. The Labute approximate surface area is 89.2 Å². The van der Waals surface area contributed by atoms with Crippen LogP contribution in [0.1, 0.15) is 17.6 Å². The van der Waals surface area contributed by atoms with E-state index in [1.165, 1.54) is 0 Å². The third-order valence-electron chi connectivity index (χ3n) is 1.98. The lowest BCUT2D eigenvalue weighted by atomic mass is 10.1. The highest BCUT2D eigenvalue weighted by Crippen LogP contribution is 2.28. The summed E-state index contributed by atoms with van der Waals surface area (Å²) in [6.45, 7) is 0. The Bertz CT molecular complexity index is 410. The molecule has 0 aliphatic heterocycles. The molecule has 0 aromatic carbocycles. The van der Waals surface area contributed by atoms with Crippen molar-refractivity contribution < 1.29 is 22.7 Å². The second-order valence-electron chi connectivity index (χ2n) is 2.94. The van der Waals surface area contributed by atoms with Crippen LogP contribution in [-0.4, -0.2) is 18.1 Å². The largest absolute Gasteiger partial charge is 0.469 e. The first kappa shape index (κ1) is 12.3. The third-order valence-corrected chi connectivity index (χ3v) is 1.98. The average Bonchev–Trinajstić information content (AvgIpc) is 2.22. The van der Waals surface area contributed by atoms with E-state index in [1.54, 1.807) is 0 Å². The fourth-order valence-electron chi connectivity index (χ4n) is 1.19. The predicted molar refractivity (Wildman–Crippen MR) is 49.3 cm³/mol. The molecule has 0 aliphatic rings. The minimum Gasteiger partial charge on any atom is -0.469 e. The fourth-order valence-corrected chi connectivity index (χ4v) is 1.19. The van der Waals surface area contributed by atoms with Crippen molar-refractivity contribution in [1.82, 2.24) is 4.98 Å². The minimum absolute atomic E-state index is 0.304. The van der Waals surface area contributed by atoms with Crippen molar-refractivity contribution in [2.45, 2.75) is 12.8 Å². The van der Waals surface area contributed by atoms with Gasteiger partial charge in [0, 0.05) is 5.56 Å². The van der Waals surface area contributed by atoms with Crippen LogP contribution in [0, 0.1) is 5.82 Å². The molecule has 88 valence electrons. The number of carbonyl (C=O) groups excluding carboxylic acids is 1. The summed E-state index contributed by atoms with van der Waals surface area (Å²) >= 11 is 0. The van der Waals surface area contributed by atoms with E-state index < -0.39 is 30.2 Å². The Morgan fingerprint density at radius 3 is 2.75 bits per heavy atom. The van der Waals surface area contributed by atoms with Gasteiger partial charge in [0.15, 0.2) is 5.82 Å². The Balaban J connectivity index is 3.23. The first-order chi connectivity index (χ1) is 7.47. The van der Waals surface area contributed by atoms with Gasteiger partial charge in [-0.2, -0.15) is 0 Å². The number of esters is 1. The summed E-state index contributed by atoms with van der Waals surface area (Å²) < 4.78 is 42.5. The average molecular weight is 234 g/mol. The normalized spacial score (nSPS) is 10.6. The van der Waals surface area contributed by atoms with Gasteiger partial charge in [-0.25, -0.2) is 18.2 Å². The summed E-state index contributed by atoms with van der Waals surface area (Å²) in [5, 5.41) is 0. The van der Waals surface area contributed by atoms with Gasteiger partial charge < -0.3 is 10.5 Å². The van der Waals surface area contributed by atoms with E-state index in [0.717, 1.165) is 7.11 Å². The molecule has 0 saturated carbocycles. The van der Waals surface area contributed by atoms with Crippen molar-refractivity contribution in [2.24, 2.45) is 0 Å². The summed E-state index contributed by atoms with van der Waals surface area (Å²) in [5.74, 6) is -2.29. The van der Waals surface area contributed by atoms with Crippen LogP contribution in [0.5, 0.6) is 0 Å². The number of pyridine rings is 1. The predicted octanol–water partition coefficient (Wildman–Crippen LogP) is 1.46. The minimum atomic E-state index is -3.06. The Morgan fingerprint density at radius 1 is 1.62 bits per heavy atom. The van der Waals surface area contributed by atoms with E-state index in [4.69, 9.17) is 5.73 Å². The zero-order valence-electron chi connectivity index (χ0n) is 8.34. The molecule has 0 spiro atoms. The Morgan fingerprint density at radius 2 is 2.25 bits per heavy atom. The number of hydrogen-bond acceptors (Lipinski definition) is 4. The summed E-state index contributed by atoms with van der Waals surface area (Å²) in [5.41, 5.74) is 4.08. The lowest BCUT2D eigenvalue weighted by molar-refractivity contribution is -0.139. The fraction of sp³-hybridized carbons (Fsp3) is 0.333. The molecular formula is C9H9F3N2O2. The van der Waals surface area contributed by atoms with Crippen LogP contribution in [0.2, 0.25) is 0 Å². The van der Waals surface area contributed by atoms with Crippen molar-refractivity contribution in [1.29, 1.82) is 0 Å². The molecule has 4 nitrogen and oxygen atoms in total. The number of rotatable bonds is 3. The van der Waals surface area contributed by atoms with Crippen LogP contribution in [0.3, 0.4) is 0 Å². The van der Waals surface area contributed by atoms with Gasteiger partial charge in [0.25, 0.3) is 6.43 Å². The SMILES string of the molecule is COC(=O)Cc1c(N)ncc(F)c1C(F)F. The smallest absolute Gasteiger partial charge is 0.310 e. The molecule has 2 N–H and O–H groups in total. The van der Waals surface area contributed by atoms with E-state index in [2.05, 4.69) is 9.72 Å². The first-order valence-corrected chi connectivity index (χ1v) is 4.25. The first-order valence-electron chi connectivity index (χ1n) is 4.25. The van der Waals surface area contributed by atoms with Crippen molar-refractivity contribution in [3.05, 3.63) is 23.1 Å². The third kappa shape index (κ3) is 2.41. The van der Waals surface area contributed by atoms with Crippen molar-refractivity contribution >= 4 is 11.8 Å². The number of nitrogens with zero attached hydrogens (tertiary/aromatic N) is 1. The van der Waals surface area contributed by atoms with Gasteiger partial charge in [-0.05, 0) is 0 Å². The Kier molecular flexibility index (Phi) is 3.70. The standard InChI is InChI=1S/C9H9F3N2O2/c1-16-6(15)2-4-7(8(11)12)5(10)3-14-9(4)13/h3,8H,2H2,1H3,(H2,13,14). The summed E-state index contributed by atoms with van der Waals surface area (Å²) in [6, 6.07) is 0. The number of ether oxygens (including phenoxy) is 1. The number of aromatic nitrogens is 1. The summed E-state index contributed by atoms with van der Waals surface area (Å²) in [4.78, 5) is 14.3. The quantitative estimate of drug-likeness (QED) is 0.804. The molecule has 0 unspecified atom stereocenters. The van der Waals surface area contributed by atoms with E-state index in [0.29, 0.717) is 6.20 Å². The molecule has 1 aromatic rings. The van der Waals surface area contributed by atoms with Gasteiger partial charge in [0.05, 0.1) is 25.3 Å². The maximum Gasteiger partial charge on any atom is 0.310 e. The summed E-state index contributed by atoms with van der Waals surface area (Å²) in [7, 11) is 1.09. The molecule has 0 radical (unpaired) electrons.